The molecule has 3 rings (SSSR count). The van der Waals surface area contributed by atoms with Crippen LogP contribution in [0.1, 0.15) is 37.5 Å². The first-order chi connectivity index (χ1) is 12.7. The molecule has 0 amide bonds. The molecule has 0 bridgehead atoms. The van der Waals surface area contributed by atoms with Crippen molar-refractivity contribution in [1.82, 2.24) is 10.4 Å². The standard InChI is InChI=1S/C21H28N2O3/c1-4-23-13-12-16-14-19(25-5-2)20(26-6-3)15-18(16)21(23,22-24)17-10-8-7-9-11-17/h7-11,14-15,22,24H,4-6,12-13H2,1-3H3. The van der Waals surface area contributed by atoms with Gasteiger partial charge in [0, 0.05) is 12.1 Å². The molecule has 1 atom stereocenters. The van der Waals surface area contributed by atoms with Crippen LogP contribution in [0.25, 0.3) is 0 Å². The van der Waals surface area contributed by atoms with E-state index in [1.165, 1.54) is 0 Å². The minimum atomic E-state index is -0.805. The van der Waals surface area contributed by atoms with Crippen LogP contribution in [0.4, 0.5) is 0 Å². The molecule has 1 aliphatic heterocycles. The SMILES string of the molecule is CCOc1cc2c(cc1OCC)C(NO)(c1ccccc1)N(CC)CC2. The van der Waals surface area contributed by atoms with Gasteiger partial charge in [0.2, 0.25) is 0 Å². The minimum Gasteiger partial charge on any atom is -0.490 e. The Morgan fingerprint density at radius 1 is 1.04 bits per heavy atom. The maximum absolute atomic E-state index is 10.4. The van der Waals surface area contributed by atoms with Crippen molar-refractivity contribution in [3.8, 4) is 11.5 Å². The highest BCUT2D eigenvalue weighted by atomic mass is 16.5. The Morgan fingerprint density at radius 3 is 2.27 bits per heavy atom. The van der Waals surface area contributed by atoms with E-state index in [-0.39, 0.29) is 0 Å². The van der Waals surface area contributed by atoms with Gasteiger partial charge in [-0.05, 0) is 50.1 Å². The van der Waals surface area contributed by atoms with Crippen LogP contribution < -0.4 is 15.0 Å². The Hall–Kier alpha value is -2.08. The molecule has 5 heteroatoms. The van der Waals surface area contributed by atoms with E-state index >= 15 is 0 Å². The summed E-state index contributed by atoms with van der Waals surface area (Å²) in [6.45, 7) is 8.83. The topological polar surface area (TPSA) is 54.0 Å². The number of hydrogen-bond donors (Lipinski definition) is 2. The predicted molar refractivity (Wildman–Crippen MR) is 102 cm³/mol. The van der Waals surface area contributed by atoms with Gasteiger partial charge in [-0.25, -0.2) is 0 Å². The summed E-state index contributed by atoms with van der Waals surface area (Å²) in [5.41, 5.74) is 5.00. The van der Waals surface area contributed by atoms with E-state index in [0.717, 1.165) is 42.0 Å². The summed E-state index contributed by atoms with van der Waals surface area (Å²) in [6.07, 6.45) is 0.895. The van der Waals surface area contributed by atoms with Gasteiger partial charge in [0.05, 0.1) is 13.2 Å². The van der Waals surface area contributed by atoms with Gasteiger partial charge in [-0.15, -0.1) is 0 Å². The van der Waals surface area contributed by atoms with Gasteiger partial charge < -0.3 is 14.7 Å². The Morgan fingerprint density at radius 2 is 1.69 bits per heavy atom. The number of rotatable bonds is 7. The molecule has 26 heavy (non-hydrogen) atoms. The third-order valence-corrected chi connectivity index (χ3v) is 5.02. The van der Waals surface area contributed by atoms with Gasteiger partial charge in [0.1, 0.15) is 5.66 Å². The van der Waals surface area contributed by atoms with E-state index in [4.69, 9.17) is 9.47 Å². The van der Waals surface area contributed by atoms with Crippen LogP contribution in [-0.4, -0.2) is 36.4 Å². The molecule has 0 radical (unpaired) electrons. The summed E-state index contributed by atoms with van der Waals surface area (Å²) in [5.74, 6) is 1.47. The molecule has 0 aromatic heterocycles. The zero-order valence-electron chi connectivity index (χ0n) is 15.8. The summed E-state index contributed by atoms with van der Waals surface area (Å²) in [7, 11) is 0. The van der Waals surface area contributed by atoms with E-state index in [1.54, 1.807) is 0 Å². The second-order valence-corrected chi connectivity index (χ2v) is 6.34. The summed E-state index contributed by atoms with van der Waals surface area (Å²) in [4.78, 5) is 2.25. The summed E-state index contributed by atoms with van der Waals surface area (Å²) in [5, 5.41) is 10.4. The van der Waals surface area contributed by atoms with E-state index in [9.17, 15) is 5.21 Å². The molecular formula is C21H28N2O3. The van der Waals surface area contributed by atoms with E-state index in [0.29, 0.717) is 19.0 Å². The first kappa shape index (κ1) is 18.7. The van der Waals surface area contributed by atoms with E-state index < -0.39 is 5.66 Å². The summed E-state index contributed by atoms with van der Waals surface area (Å²) in [6, 6.07) is 14.1. The number of benzene rings is 2. The van der Waals surface area contributed by atoms with Crippen LogP contribution in [0, 0.1) is 0 Å². The molecule has 5 nitrogen and oxygen atoms in total. The average molecular weight is 356 g/mol. The number of nitrogens with one attached hydrogen (secondary N) is 1. The summed E-state index contributed by atoms with van der Waals surface area (Å²) < 4.78 is 11.6. The van der Waals surface area contributed by atoms with Crippen LogP contribution in [0.2, 0.25) is 0 Å². The van der Waals surface area contributed by atoms with Crippen molar-refractivity contribution in [2.24, 2.45) is 0 Å². The second kappa shape index (κ2) is 8.08. The molecule has 2 aromatic rings. The van der Waals surface area contributed by atoms with Crippen molar-refractivity contribution in [2.45, 2.75) is 32.9 Å². The van der Waals surface area contributed by atoms with Gasteiger partial charge in [-0.2, -0.15) is 5.48 Å². The molecule has 2 aromatic carbocycles. The Kier molecular flexibility index (Phi) is 5.81. The monoisotopic (exact) mass is 356 g/mol. The van der Waals surface area contributed by atoms with Gasteiger partial charge in [0.15, 0.2) is 11.5 Å². The molecule has 0 spiro atoms. The third-order valence-electron chi connectivity index (χ3n) is 5.02. The minimum absolute atomic E-state index is 0.557. The zero-order chi connectivity index (χ0) is 18.6. The van der Waals surface area contributed by atoms with Crippen molar-refractivity contribution in [2.75, 3.05) is 26.3 Å². The van der Waals surface area contributed by atoms with Gasteiger partial charge in [0.25, 0.3) is 0 Å². The lowest BCUT2D eigenvalue weighted by Gasteiger charge is -2.47. The van der Waals surface area contributed by atoms with Gasteiger partial charge in [-0.1, -0.05) is 37.3 Å². The molecule has 1 unspecified atom stereocenters. The number of hydroxylamine groups is 1. The highest BCUT2D eigenvalue weighted by molar-refractivity contribution is 5.54. The average Bonchev–Trinajstić information content (AvgIpc) is 2.68. The number of hydrogen-bond acceptors (Lipinski definition) is 5. The molecule has 2 N–H and O–H groups in total. The number of likely N-dealkylation sites (N-methyl/N-ethyl adjacent to an activating group) is 1. The second-order valence-electron chi connectivity index (χ2n) is 6.34. The Bertz CT molecular complexity index is 736. The fourth-order valence-electron chi connectivity index (χ4n) is 3.88. The van der Waals surface area contributed by atoms with Crippen LogP contribution in [0.5, 0.6) is 11.5 Å². The van der Waals surface area contributed by atoms with Crippen LogP contribution in [-0.2, 0) is 12.1 Å². The highest BCUT2D eigenvalue weighted by Crippen LogP contribution is 2.43. The molecule has 0 saturated carbocycles. The summed E-state index contributed by atoms with van der Waals surface area (Å²) >= 11 is 0. The quantitative estimate of drug-likeness (QED) is 0.743. The maximum atomic E-state index is 10.4. The fraction of sp³-hybridized carbons (Fsp3) is 0.429. The lowest BCUT2D eigenvalue weighted by atomic mass is 9.82. The fourth-order valence-corrected chi connectivity index (χ4v) is 3.88. The third kappa shape index (κ3) is 3.07. The maximum Gasteiger partial charge on any atom is 0.161 e. The van der Waals surface area contributed by atoms with Crippen LogP contribution in [0.3, 0.4) is 0 Å². The smallest absolute Gasteiger partial charge is 0.161 e. The van der Waals surface area contributed by atoms with Gasteiger partial charge in [-0.3, -0.25) is 4.90 Å². The van der Waals surface area contributed by atoms with E-state index in [1.807, 2.05) is 50.2 Å². The van der Waals surface area contributed by atoms with Crippen LogP contribution >= 0.6 is 0 Å². The highest BCUT2D eigenvalue weighted by Gasteiger charge is 2.44. The zero-order valence-corrected chi connectivity index (χ0v) is 15.8. The van der Waals surface area contributed by atoms with Crippen molar-refractivity contribution >= 4 is 0 Å². The van der Waals surface area contributed by atoms with Crippen LogP contribution in [0.15, 0.2) is 42.5 Å². The Labute approximate surface area is 155 Å². The van der Waals surface area contributed by atoms with Gasteiger partial charge >= 0.3 is 0 Å². The Balaban J connectivity index is 2.23. The molecule has 140 valence electrons. The molecular weight excluding hydrogens is 328 g/mol. The molecule has 0 fully saturated rings. The lowest BCUT2D eigenvalue weighted by molar-refractivity contribution is -0.0327. The van der Waals surface area contributed by atoms with Crippen molar-refractivity contribution in [1.29, 1.82) is 0 Å². The van der Waals surface area contributed by atoms with Crippen molar-refractivity contribution in [3.05, 3.63) is 59.2 Å². The first-order valence-electron chi connectivity index (χ1n) is 9.36. The lowest BCUT2D eigenvalue weighted by Crippen LogP contribution is -2.59. The predicted octanol–water partition coefficient (Wildman–Crippen LogP) is 3.54. The largest absolute Gasteiger partial charge is 0.490 e. The number of ether oxygens (including phenoxy) is 2. The number of nitrogens with zero attached hydrogens (tertiary/aromatic N) is 1. The molecule has 0 saturated heterocycles. The molecule has 0 aliphatic carbocycles. The number of fused-ring (bicyclic) bond motifs is 1. The molecule has 1 aliphatic rings. The normalized spacial score (nSPS) is 19.8. The van der Waals surface area contributed by atoms with Crippen molar-refractivity contribution < 1.29 is 14.7 Å². The van der Waals surface area contributed by atoms with Crippen molar-refractivity contribution in [3.63, 3.8) is 0 Å². The molecule has 1 heterocycles. The van der Waals surface area contributed by atoms with E-state index in [2.05, 4.69) is 23.4 Å². The first-order valence-corrected chi connectivity index (χ1v) is 9.36.